The summed E-state index contributed by atoms with van der Waals surface area (Å²) in [6.07, 6.45) is 4.40. The molecule has 0 saturated heterocycles. The zero-order chi connectivity index (χ0) is 11.3. The van der Waals surface area contributed by atoms with Crippen LogP contribution in [0, 0.1) is 5.92 Å². The average Bonchev–Trinajstić information content (AvgIpc) is 2.73. The summed E-state index contributed by atoms with van der Waals surface area (Å²) in [6.45, 7) is 6.56. The van der Waals surface area contributed by atoms with Gasteiger partial charge in [-0.25, -0.2) is 0 Å². The summed E-state index contributed by atoms with van der Waals surface area (Å²) in [6, 6.07) is 0.129. The Labute approximate surface area is 96.2 Å². The summed E-state index contributed by atoms with van der Waals surface area (Å²) >= 11 is 1.46. The lowest BCUT2D eigenvalue weighted by atomic mass is 9.94. The van der Waals surface area contributed by atoms with Gasteiger partial charge in [-0.05, 0) is 30.3 Å². The highest BCUT2D eigenvalue weighted by Gasteiger charge is 2.17. The van der Waals surface area contributed by atoms with Crippen molar-refractivity contribution in [3.63, 3.8) is 0 Å². The van der Waals surface area contributed by atoms with Crippen LogP contribution in [0.4, 0.5) is 0 Å². The quantitative estimate of drug-likeness (QED) is 0.813. The number of nitrogens with two attached hydrogens (primary N) is 1. The van der Waals surface area contributed by atoms with Crippen LogP contribution in [-0.2, 0) is 6.42 Å². The van der Waals surface area contributed by atoms with Crippen LogP contribution in [0.1, 0.15) is 56.6 Å². The molecule has 0 aromatic carbocycles. The molecule has 0 aliphatic heterocycles. The first-order valence-electron chi connectivity index (χ1n) is 5.79. The molecule has 2 N–H and O–H groups in total. The van der Waals surface area contributed by atoms with E-state index < -0.39 is 0 Å². The second kappa shape index (κ2) is 6.18. The molecule has 1 aromatic rings. The fourth-order valence-electron chi connectivity index (χ4n) is 1.83. The highest BCUT2D eigenvalue weighted by atomic mass is 32.1. The number of rotatable bonds is 6. The molecule has 0 aliphatic carbocycles. The Morgan fingerprint density at radius 3 is 2.47 bits per heavy atom. The van der Waals surface area contributed by atoms with Crippen molar-refractivity contribution in [2.45, 2.75) is 52.5 Å². The summed E-state index contributed by atoms with van der Waals surface area (Å²) in [7, 11) is 0. The molecule has 0 spiro atoms. The maximum atomic E-state index is 6.20. The Bertz CT molecular complexity index is 281. The first-order chi connectivity index (χ1) is 7.22. The molecule has 0 fully saturated rings. The smallest absolute Gasteiger partial charge is 0.0800 e. The van der Waals surface area contributed by atoms with Crippen molar-refractivity contribution >= 4 is 11.5 Å². The second-order valence-corrected chi connectivity index (χ2v) is 4.75. The van der Waals surface area contributed by atoms with E-state index in [-0.39, 0.29) is 6.04 Å². The third-order valence-corrected chi connectivity index (χ3v) is 3.90. The van der Waals surface area contributed by atoms with Crippen LogP contribution in [0.3, 0.4) is 0 Å². The molecule has 15 heavy (non-hydrogen) atoms. The lowest BCUT2D eigenvalue weighted by molar-refractivity contribution is 0.416. The molecule has 0 amide bonds. The maximum Gasteiger partial charge on any atom is 0.0800 e. The monoisotopic (exact) mass is 227 g/mol. The number of hydrogen-bond acceptors (Lipinski definition) is 4. The molecule has 1 unspecified atom stereocenters. The molecular weight excluding hydrogens is 206 g/mol. The molecule has 3 nitrogen and oxygen atoms in total. The van der Waals surface area contributed by atoms with Gasteiger partial charge in [-0.1, -0.05) is 38.1 Å². The van der Waals surface area contributed by atoms with E-state index in [9.17, 15) is 0 Å². The van der Waals surface area contributed by atoms with E-state index in [1.54, 1.807) is 0 Å². The summed E-state index contributed by atoms with van der Waals surface area (Å²) in [4.78, 5) is 1.18. The van der Waals surface area contributed by atoms with Crippen molar-refractivity contribution in [3.05, 3.63) is 10.6 Å². The molecule has 86 valence electrons. The van der Waals surface area contributed by atoms with Crippen molar-refractivity contribution in [2.24, 2.45) is 11.7 Å². The van der Waals surface area contributed by atoms with Gasteiger partial charge in [0.05, 0.1) is 10.6 Å². The Morgan fingerprint density at radius 1 is 1.27 bits per heavy atom. The van der Waals surface area contributed by atoms with E-state index >= 15 is 0 Å². The van der Waals surface area contributed by atoms with Gasteiger partial charge in [0.15, 0.2) is 0 Å². The topological polar surface area (TPSA) is 51.8 Å². The second-order valence-electron chi connectivity index (χ2n) is 3.96. The van der Waals surface area contributed by atoms with Crippen molar-refractivity contribution in [2.75, 3.05) is 0 Å². The molecule has 1 rings (SSSR count). The molecule has 0 saturated carbocycles. The molecule has 1 atom stereocenters. The number of nitrogens with zero attached hydrogens (tertiary/aromatic N) is 2. The fraction of sp³-hybridized carbons (Fsp3) is 0.818. The molecule has 4 heteroatoms. The van der Waals surface area contributed by atoms with E-state index in [4.69, 9.17) is 5.73 Å². The Kier molecular flexibility index (Phi) is 5.19. The van der Waals surface area contributed by atoms with Crippen LogP contribution >= 0.6 is 11.5 Å². The minimum Gasteiger partial charge on any atom is -0.323 e. The third kappa shape index (κ3) is 3.24. The summed E-state index contributed by atoms with van der Waals surface area (Å²) in [5.41, 5.74) is 7.28. The first kappa shape index (κ1) is 12.6. The van der Waals surface area contributed by atoms with Crippen molar-refractivity contribution in [1.82, 2.24) is 9.59 Å². The molecule has 0 aliphatic rings. The Balaban J connectivity index is 2.63. The van der Waals surface area contributed by atoms with Gasteiger partial charge < -0.3 is 5.73 Å². The fourth-order valence-corrected chi connectivity index (χ4v) is 2.58. The van der Waals surface area contributed by atoms with Gasteiger partial charge in [-0.2, -0.15) is 0 Å². The number of aryl methyl sites for hydroxylation is 1. The van der Waals surface area contributed by atoms with Gasteiger partial charge in [0.1, 0.15) is 0 Å². The Morgan fingerprint density at radius 2 is 1.93 bits per heavy atom. The highest BCUT2D eigenvalue weighted by Crippen LogP contribution is 2.27. The summed E-state index contributed by atoms with van der Waals surface area (Å²) in [5, 5.41) is 4.10. The van der Waals surface area contributed by atoms with Crippen LogP contribution in [0.25, 0.3) is 0 Å². The lowest BCUT2D eigenvalue weighted by Gasteiger charge is -2.17. The van der Waals surface area contributed by atoms with Gasteiger partial charge in [0, 0.05) is 6.04 Å². The highest BCUT2D eigenvalue weighted by molar-refractivity contribution is 7.05. The summed E-state index contributed by atoms with van der Waals surface area (Å²) in [5.74, 6) is 0.729. The SMILES string of the molecule is CCc1nnsc1C(N)CC(CC)CC. The number of hydrogen-bond donors (Lipinski definition) is 1. The van der Waals surface area contributed by atoms with Crippen LogP contribution in [-0.4, -0.2) is 9.59 Å². The Hall–Kier alpha value is -0.480. The van der Waals surface area contributed by atoms with E-state index in [0.717, 1.165) is 24.5 Å². The number of aromatic nitrogens is 2. The molecule has 0 radical (unpaired) electrons. The van der Waals surface area contributed by atoms with Crippen LogP contribution in [0.2, 0.25) is 0 Å². The molecular formula is C11H21N3S. The first-order valence-corrected chi connectivity index (χ1v) is 6.56. The van der Waals surface area contributed by atoms with E-state index in [1.165, 1.54) is 29.3 Å². The molecule has 1 aromatic heterocycles. The normalized spacial score (nSPS) is 13.4. The van der Waals surface area contributed by atoms with Gasteiger partial charge in [-0.3, -0.25) is 0 Å². The van der Waals surface area contributed by atoms with E-state index in [1.807, 2.05) is 0 Å². The van der Waals surface area contributed by atoms with Gasteiger partial charge in [-0.15, -0.1) is 5.10 Å². The molecule has 0 bridgehead atoms. The standard InChI is InChI=1S/C11H21N3S/c1-4-8(5-2)7-9(12)11-10(6-3)13-14-15-11/h8-9H,4-7,12H2,1-3H3. The zero-order valence-electron chi connectivity index (χ0n) is 9.86. The van der Waals surface area contributed by atoms with Gasteiger partial charge in [0.2, 0.25) is 0 Å². The van der Waals surface area contributed by atoms with Gasteiger partial charge in [0.25, 0.3) is 0 Å². The lowest BCUT2D eigenvalue weighted by Crippen LogP contribution is -2.15. The maximum absolute atomic E-state index is 6.20. The summed E-state index contributed by atoms with van der Waals surface area (Å²) < 4.78 is 3.98. The minimum atomic E-state index is 0.129. The predicted molar refractivity (Wildman–Crippen MR) is 64.9 cm³/mol. The van der Waals surface area contributed by atoms with Crippen molar-refractivity contribution in [3.8, 4) is 0 Å². The minimum absolute atomic E-state index is 0.129. The van der Waals surface area contributed by atoms with Crippen molar-refractivity contribution in [1.29, 1.82) is 0 Å². The van der Waals surface area contributed by atoms with Crippen LogP contribution in [0.15, 0.2) is 0 Å². The van der Waals surface area contributed by atoms with Crippen LogP contribution in [0.5, 0.6) is 0 Å². The van der Waals surface area contributed by atoms with E-state index in [0.29, 0.717) is 0 Å². The van der Waals surface area contributed by atoms with Crippen molar-refractivity contribution < 1.29 is 0 Å². The molecule has 1 heterocycles. The third-order valence-electron chi connectivity index (χ3n) is 3.00. The average molecular weight is 227 g/mol. The van der Waals surface area contributed by atoms with Crippen LogP contribution < -0.4 is 5.73 Å². The predicted octanol–water partition coefficient (Wildman–Crippen LogP) is 2.93. The largest absolute Gasteiger partial charge is 0.323 e. The zero-order valence-corrected chi connectivity index (χ0v) is 10.7. The van der Waals surface area contributed by atoms with Gasteiger partial charge >= 0.3 is 0 Å². The van der Waals surface area contributed by atoms with E-state index in [2.05, 4.69) is 30.4 Å².